The minimum Gasteiger partial charge on any atom is -0.331 e. The summed E-state index contributed by atoms with van der Waals surface area (Å²) in [6.45, 7) is 14.0. The molecule has 2 atom stereocenters. The maximum Gasteiger partial charge on any atom is 0.243 e. The molecular formula is C37H58N2O2S. The van der Waals surface area contributed by atoms with Crippen LogP contribution in [0, 0.1) is 0 Å². The predicted molar refractivity (Wildman–Crippen MR) is 179 cm³/mol. The average Bonchev–Trinajstić information content (AvgIpc) is 3.46. The zero-order chi connectivity index (χ0) is 30.5. The minimum absolute atomic E-state index is 0.0557. The molecule has 0 radical (unpaired) electrons. The molecule has 0 fully saturated rings. The molecule has 4 nitrogen and oxygen atoms in total. The highest BCUT2D eigenvalue weighted by atomic mass is 32.1. The van der Waals surface area contributed by atoms with E-state index >= 15 is 0 Å². The second-order valence-electron chi connectivity index (χ2n) is 13.5. The van der Waals surface area contributed by atoms with Gasteiger partial charge < -0.3 is 9.80 Å². The molecule has 42 heavy (non-hydrogen) atoms. The molecule has 0 spiro atoms. The van der Waals surface area contributed by atoms with Crippen LogP contribution in [0.5, 0.6) is 0 Å². The molecule has 1 aromatic carbocycles. The third-order valence-electron chi connectivity index (χ3n) is 9.12. The van der Waals surface area contributed by atoms with E-state index in [1.807, 2.05) is 9.80 Å². The largest absolute Gasteiger partial charge is 0.331 e. The van der Waals surface area contributed by atoms with E-state index in [-0.39, 0.29) is 35.9 Å². The van der Waals surface area contributed by atoms with Gasteiger partial charge in [0.15, 0.2) is 0 Å². The van der Waals surface area contributed by atoms with Gasteiger partial charge in [0.05, 0.1) is 6.04 Å². The van der Waals surface area contributed by atoms with Gasteiger partial charge >= 0.3 is 0 Å². The standard InChI is InChI=1S/C37H58N2O2S/c1-7-9-10-11-12-13-14-15-16-17-18-19-34(40)39(29(3)8-2)28-35(41)38-26-24-33-32(25-27-42-33)36(38)30-20-22-31(23-21-30)37(4,5)6/h20-23,25,27,29,36H,7-19,24,26,28H2,1-6H3. The number of carbonyl (C=O) groups excluding carboxylic acids is 2. The van der Waals surface area contributed by atoms with Crippen molar-refractivity contribution >= 4 is 23.2 Å². The first-order valence-corrected chi connectivity index (χ1v) is 17.8. The summed E-state index contributed by atoms with van der Waals surface area (Å²) < 4.78 is 0. The summed E-state index contributed by atoms with van der Waals surface area (Å²) in [6.07, 6.45) is 16.2. The van der Waals surface area contributed by atoms with Crippen molar-refractivity contribution in [3.63, 3.8) is 0 Å². The summed E-state index contributed by atoms with van der Waals surface area (Å²) >= 11 is 1.79. The van der Waals surface area contributed by atoms with Gasteiger partial charge in [0.1, 0.15) is 6.54 Å². The lowest BCUT2D eigenvalue weighted by Gasteiger charge is -2.38. The monoisotopic (exact) mass is 594 g/mol. The Balaban J connectivity index is 1.58. The molecule has 2 heterocycles. The van der Waals surface area contributed by atoms with Gasteiger partial charge in [-0.1, -0.05) is 123 Å². The molecule has 2 unspecified atom stereocenters. The van der Waals surface area contributed by atoms with Crippen molar-refractivity contribution in [3.8, 4) is 0 Å². The molecule has 0 saturated carbocycles. The van der Waals surface area contributed by atoms with Gasteiger partial charge in [-0.05, 0) is 59.7 Å². The van der Waals surface area contributed by atoms with Crippen molar-refractivity contribution in [2.24, 2.45) is 0 Å². The predicted octanol–water partition coefficient (Wildman–Crippen LogP) is 9.85. The maximum absolute atomic E-state index is 14.0. The van der Waals surface area contributed by atoms with Crippen molar-refractivity contribution in [2.75, 3.05) is 13.1 Å². The van der Waals surface area contributed by atoms with E-state index in [9.17, 15) is 9.59 Å². The highest BCUT2D eigenvalue weighted by molar-refractivity contribution is 7.10. The van der Waals surface area contributed by atoms with Crippen LogP contribution >= 0.6 is 11.3 Å². The molecule has 5 heteroatoms. The molecule has 0 aliphatic carbocycles. The SMILES string of the molecule is CCCCCCCCCCCCCC(=O)N(CC(=O)N1CCc2sccc2C1c1ccc(C(C)(C)C)cc1)C(C)CC. The van der Waals surface area contributed by atoms with Gasteiger partial charge in [0.25, 0.3) is 0 Å². The van der Waals surface area contributed by atoms with Crippen molar-refractivity contribution in [1.82, 2.24) is 9.80 Å². The third kappa shape index (κ3) is 9.96. The number of unbranched alkanes of at least 4 members (excludes halogenated alkanes) is 10. The first kappa shape index (κ1) is 34.4. The van der Waals surface area contributed by atoms with Crippen LogP contribution in [-0.2, 0) is 21.4 Å². The summed E-state index contributed by atoms with van der Waals surface area (Å²) in [7, 11) is 0. The van der Waals surface area contributed by atoms with Crippen LogP contribution in [0.4, 0.5) is 0 Å². The lowest BCUT2D eigenvalue weighted by molar-refractivity contribution is -0.143. The molecule has 1 aliphatic heterocycles. The van der Waals surface area contributed by atoms with Crippen LogP contribution in [-0.4, -0.2) is 40.7 Å². The number of thiophene rings is 1. The first-order valence-electron chi connectivity index (χ1n) is 16.9. The number of fused-ring (bicyclic) bond motifs is 1. The van der Waals surface area contributed by atoms with Gasteiger partial charge in [0, 0.05) is 23.9 Å². The Hall–Kier alpha value is -2.14. The third-order valence-corrected chi connectivity index (χ3v) is 10.1. The van der Waals surface area contributed by atoms with Crippen molar-refractivity contribution in [1.29, 1.82) is 0 Å². The van der Waals surface area contributed by atoms with Crippen LogP contribution in [0.15, 0.2) is 35.7 Å². The quantitative estimate of drug-likeness (QED) is 0.171. The van der Waals surface area contributed by atoms with E-state index in [0.29, 0.717) is 13.0 Å². The van der Waals surface area contributed by atoms with E-state index in [0.717, 1.165) is 31.2 Å². The molecule has 0 saturated heterocycles. The van der Waals surface area contributed by atoms with Crippen LogP contribution in [0.25, 0.3) is 0 Å². The fourth-order valence-corrected chi connectivity index (χ4v) is 7.04. The van der Waals surface area contributed by atoms with Crippen molar-refractivity contribution in [2.45, 2.75) is 149 Å². The maximum atomic E-state index is 14.0. The number of rotatable bonds is 17. The van der Waals surface area contributed by atoms with Gasteiger partial charge in [-0.25, -0.2) is 0 Å². The average molecular weight is 595 g/mol. The lowest BCUT2D eigenvalue weighted by atomic mass is 9.85. The van der Waals surface area contributed by atoms with Crippen LogP contribution in [0.3, 0.4) is 0 Å². The number of hydrogen-bond acceptors (Lipinski definition) is 3. The van der Waals surface area contributed by atoms with E-state index in [4.69, 9.17) is 0 Å². The van der Waals surface area contributed by atoms with E-state index < -0.39 is 0 Å². The molecule has 234 valence electrons. The summed E-state index contributed by atoms with van der Waals surface area (Å²) in [4.78, 5) is 32.7. The molecule has 3 rings (SSSR count). The molecule has 1 aromatic heterocycles. The Labute approximate surface area is 261 Å². The van der Waals surface area contributed by atoms with Crippen molar-refractivity contribution < 1.29 is 9.59 Å². The molecular weight excluding hydrogens is 536 g/mol. The zero-order valence-electron chi connectivity index (χ0n) is 27.6. The first-order chi connectivity index (χ1) is 20.2. The Morgan fingerprint density at radius 3 is 2.07 bits per heavy atom. The number of carbonyl (C=O) groups is 2. The molecule has 2 amide bonds. The summed E-state index contributed by atoms with van der Waals surface area (Å²) in [5, 5.41) is 2.15. The molecule has 2 aromatic rings. The second-order valence-corrected chi connectivity index (χ2v) is 14.5. The molecule has 0 N–H and O–H groups in total. The number of hydrogen-bond donors (Lipinski definition) is 0. The normalized spacial score (nSPS) is 15.9. The van der Waals surface area contributed by atoms with Crippen LogP contribution < -0.4 is 0 Å². The fraction of sp³-hybridized carbons (Fsp3) is 0.676. The topological polar surface area (TPSA) is 40.6 Å². The van der Waals surface area contributed by atoms with E-state index in [1.54, 1.807) is 11.3 Å². The number of benzene rings is 1. The Morgan fingerprint density at radius 2 is 1.50 bits per heavy atom. The smallest absolute Gasteiger partial charge is 0.243 e. The van der Waals surface area contributed by atoms with Crippen LogP contribution in [0.1, 0.15) is 153 Å². The van der Waals surface area contributed by atoms with E-state index in [1.165, 1.54) is 73.8 Å². The minimum atomic E-state index is -0.0953. The van der Waals surface area contributed by atoms with Gasteiger partial charge in [-0.2, -0.15) is 0 Å². The molecule has 1 aliphatic rings. The fourth-order valence-electron chi connectivity index (χ4n) is 6.14. The molecule has 0 bridgehead atoms. The second kappa shape index (κ2) is 17.2. The summed E-state index contributed by atoms with van der Waals surface area (Å²) in [5.41, 5.74) is 3.77. The van der Waals surface area contributed by atoms with Gasteiger partial charge in [0.2, 0.25) is 11.8 Å². The van der Waals surface area contributed by atoms with Crippen LogP contribution in [0.2, 0.25) is 0 Å². The Morgan fingerprint density at radius 1 is 0.905 bits per heavy atom. The number of nitrogens with zero attached hydrogens (tertiary/aromatic N) is 2. The Kier molecular flexibility index (Phi) is 14.1. The zero-order valence-corrected chi connectivity index (χ0v) is 28.4. The Bertz CT molecular complexity index is 1080. The summed E-state index contributed by atoms with van der Waals surface area (Å²) in [5.74, 6) is 0.192. The van der Waals surface area contributed by atoms with Gasteiger partial charge in [-0.3, -0.25) is 9.59 Å². The summed E-state index contributed by atoms with van der Waals surface area (Å²) in [6, 6.07) is 11.0. The van der Waals surface area contributed by atoms with E-state index in [2.05, 4.69) is 77.3 Å². The lowest BCUT2D eigenvalue weighted by Crippen LogP contribution is -2.49. The van der Waals surface area contributed by atoms with Crippen molar-refractivity contribution in [3.05, 3.63) is 57.3 Å². The highest BCUT2D eigenvalue weighted by Crippen LogP contribution is 2.38. The number of amides is 2. The van der Waals surface area contributed by atoms with Gasteiger partial charge in [-0.15, -0.1) is 11.3 Å². The highest BCUT2D eigenvalue weighted by Gasteiger charge is 2.34.